The summed E-state index contributed by atoms with van der Waals surface area (Å²) in [5.74, 6) is -0.956. The van der Waals surface area contributed by atoms with Gasteiger partial charge in [-0.25, -0.2) is 9.79 Å². The molecule has 2 aliphatic heterocycles. The number of primary amides is 1. The molecule has 0 bridgehead atoms. The normalized spacial score (nSPS) is 19.1. The van der Waals surface area contributed by atoms with Crippen molar-refractivity contribution in [3.05, 3.63) is 52.9 Å². The van der Waals surface area contributed by atoms with E-state index in [0.717, 1.165) is 24.9 Å². The van der Waals surface area contributed by atoms with Gasteiger partial charge in [0.2, 0.25) is 5.90 Å². The van der Waals surface area contributed by atoms with Crippen LogP contribution >= 0.6 is 11.3 Å². The Balaban J connectivity index is 1.49. The van der Waals surface area contributed by atoms with Crippen molar-refractivity contribution < 1.29 is 19.1 Å². The second kappa shape index (κ2) is 10.5. The summed E-state index contributed by atoms with van der Waals surface area (Å²) in [7, 11) is 0. The fraction of sp³-hybridized carbons (Fsp3) is 0.348. The molecule has 0 spiro atoms. The highest BCUT2D eigenvalue weighted by molar-refractivity contribution is 7.14. The maximum atomic E-state index is 12.9. The highest BCUT2D eigenvalue weighted by Gasteiger charge is 2.45. The second-order valence-corrected chi connectivity index (χ2v) is 8.84. The van der Waals surface area contributed by atoms with Gasteiger partial charge in [-0.1, -0.05) is 43.7 Å². The molecule has 0 radical (unpaired) electrons. The van der Waals surface area contributed by atoms with Gasteiger partial charge in [0.1, 0.15) is 11.0 Å². The molecule has 0 aliphatic carbocycles. The lowest BCUT2D eigenvalue weighted by molar-refractivity contribution is -0.118. The third-order valence-electron chi connectivity index (χ3n) is 5.53. The number of nitrogens with zero attached hydrogens (tertiary/aromatic N) is 4. The fourth-order valence-electron chi connectivity index (χ4n) is 3.84. The van der Waals surface area contributed by atoms with Crippen molar-refractivity contribution in [3.63, 3.8) is 0 Å². The number of benzene rings is 1. The molecular weight excluding hydrogens is 456 g/mol. The van der Waals surface area contributed by atoms with Crippen LogP contribution < -0.4 is 11.1 Å². The van der Waals surface area contributed by atoms with Crippen molar-refractivity contribution in [3.8, 4) is 0 Å². The quantitative estimate of drug-likeness (QED) is 0.568. The lowest BCUT2D eigenvalue weighted by Crippen LogP contribution is -2.56. The van der Waals surface area contributed by atoms with Crippen LogP contribution in [0.5, 0.6) is 0 Å². The van der Waals surface area contributed by atoms with Gasteiger partial charge in [-0.3, -0.25) is 14.5 Å². The number of hydrogen-bond donors (Lipinski definition) is 2. The number of carbonyl (C=O) groups is 3. The number of ether oxygens (including phenoxy) is 1. The van der Waals surface area contributed by atoms with Gasteiger partial charge in [-0.2, -0.15) is 4.99 Å². The molecule has 3 N–H and O–H groups in total. The number of nitrogens with one attached hydrogen (secondary N) is 1. The number of rotatable bonds is 9. The Morgan fingerprint density at radius 1 is 1.24 bits per heavy atom. The molecule has 4 amide bonds. The van der Waals surface area contributed by atoms with E-state index in [1.54, 1.807) is 22.7 Å². The molecule has 2 aromatic rings. The molecule has 2 aliphatic rings. The standard InChI is InChI=1S/C23H26N6O4S/c1-2-3-10-28-14-25-20-18(28)21(27-23(32)29(20)12-15-7-5-4-6-8-15)33-13-17(30)26-22-16(19(24)31)9-11-34-22/h4-9,11,14,18,20H,2-3,10,12-13H2,1H3,(H2,24,31)(H,26,30)/t18-,20-/m1/s1. The number of anilines is 1. The first-order chi connectivity index (χ1) is 16.5. The number of fused-ring (bicyclic) bond motifs is 1. The van der Waals surface area contributed by atoms with E-state index in [4.69, 9.17) is 10.5 Å². The van der Waals surface area contributed by atoms with Crippen LogP contribution in [-0.4, -0.2) is 65.2 Å². The van der Waals surface area contributed by atoms with Gasteiger partial charge in [-0.15, -0.1) is 11.3 Å². The van der Waals surface area contributed by atoms with Crippen LogP contribution in [0.1, 0.15) is 35.7 Å². The molecule has 0 saturated heterocycles. The summed E-state index contributed by atoms with van der Waals surface area (Å²) in [6, 6.07) is 10.3. The lowest BCUT2D eigenvalue weighted by Gasteiger charge is -2.37. The van der Waals surface area contributed by atoms with E-state index in [0.29, 0.717) is 11.5 Å². The second-order valence-electron chi connectivity index (χ2n) is 7.92. The van der Waals surface area contributed by atoms with Crippen molar-refractivity contribution in [2.75, 3.05) is 18.5 Å². The number of aliphatic imine (C=N–C) groups is 2. The number of urea groups is 1. The number of nitrogens with two attached hydrogens (primary N) is 1. The summed E-state index contributed by atoms with van der Waals surface area (Å²) in [4.78, 5) is 49.3. The van der Waals surface area contributed by atoms with Crippen LogP contribution in [-0.2, 0) is 16.1 Å². The van der Waals surface area contributed by atoms with Crippen molar-refractivity contribution >= 4 is 46.4 Å². The Bertz CT molecular complexity index is 1120. The maximum Gasteiger partial charge on any atom is 0.348 e. The number of hydrogen-bond acceptors (Lipinski definition) is 7. The molecule has 1 aromatic heterocycles. The smallest absolute Gasteiger partial charge is 0.348 e. The maximum absolute atomic E-state index is 12.9. The predicted octanol–water partition coefficient (Wildman–Crippen LogP) is 2.68. The van der Waals surface area contributed by atoms with Crippen LogP contribution in [0.15, 0.2) is 51.8 Å². The van der Waals surface area contributed by atoms with Gasteiger partial charge < -0.3 is 20.7 Å². The Morgan fingerprint density at radius 2 is 2.03 bits per heavy atom. The molecule has 34 heavy (non-hydrogen) atoms. The molecule has 3 heterocycles. The zero-order valence-electron chi connectivity index (χ0n) is 18.7. The van der Waals surface area contributed by atoms with Crippen LogP contribution in [0.3, 0.4) is 0 Å². The SMILES string of the molecule is CCCCN1C=N[C@H]2[C@@H]1C(OCC(=O)Nc1sccc1C(N)=O)=NC(=O)N2Cc1ccccc1. The molecule has 4 rings (SSSR count). The molecule has 1 aromatic carbocycles. The molecule has 0 saturated carbocycles. The Hall–Kier alpha value is -3.73. The van der Waals surface area contributed by atoms with E-state index < -0.39 is 30.1 Å². The highest BCUT2D eigenvalue weighted by atomic mass is 32.1. The van der Waals surface area contributed by atoms with Crippen LogP contribution in [0.25, 0.3) is 0 Å². The van der Waals surface area contributed by atoms with Crippen LogP contribution in [0.2, 0.25) is 0 Å². The summed E-state index contributed by atoms with van der Waals surface area (Å²) in [6.07, 6.45) is 3.15. The van der Waals surface area contributed by atoms with Gasteiger partial charge >= 0.3 is 6.03 Å². The number of amides is 4. The third-order valence-corrected chi connectivity index (χ3v) is 6.36. The van der Waals surface area contributed by atoms with Crippen LogP contribution in [0, 0.1) is 0 Å². The average molecular weight is 483 g/mol. The summed E-state index contributed by atoms with van der Waals surface area (Å²) in [5, 5.41) is 4.64. The molecule has 0 fully saturated rings. The van der Waals surface area contributed by atoms with Crippen LogP contribution in [0.4, 0.5) is 9.80 Å². The van der Waals surface area contributed by atoms with E-state index >= 15 is 0 Å². The Kier molecular flexibility index (Phi) is 7.21. The minimum absolute atomic E-state index is 0.157. The molecular formula is C23H26N6O4S. The molecule has 10 nitrogen and oxygen atoms in total. The highest BCUT2D eigenvalue weighted by Crippen LogP contribution is 2.27. The van der Waals surface area contributed by atoms with E-state index in [1.165, 1.54) is 11.3 Å². The van der Waals surface area contributed by atoms with Gasteiger partial charge in [0.25, 0.3) is 11.8 Å². The summed E-state index contributed by atoms with van der Waals surface area (Å²) < 4.78 is 5.74. The minimum atomic E-state index is -0.629. The Morgan fingerprint density at radius 3 is 2.76 bits per heavy atom. The average Bonchev–Trinajstić information content (AvgIpc) is 3.46. The summed E-state index contributed by atoms with van der Waals surface area (Å²) in [5.41, 5.74) is 6.53. The first kappa shape index (κ1) is 23.4. The third kappa shape index (κ3) is 5.09. The molecule has 0 unspecified atom stereocenters. The monoisotopic (exact) mass is 482 g/mol. The topological polar surface area (TPSA) is 130 Å². The van der Waals surface area contributed by atoms with E-state index in [-0.39, 0.29) is 18.1 Å². The molecule has 2 atom stereocenters. The van der Waals surface area contributed by atoms with Crippen molar-refractivity contribution in [2.24, 2.45) is 15.7 Å². The van der Waals surface area contributed by atoms with Crippen molar-refractivity contribution in [1.29, 1.82) is 0 Å². The van der Waals surface area contributed by atoms with Gasteiger partial charge in [0.15, 0.2) is 12.8 Å². The van der Waals surface area contributed by atoms with Gasteiger partial charge in [0.05, 0.1) is 11.9 Å². The molecule has 11 heteroatoms. The van der Waals surface area contributed by atoms with Crippen molar-refractivity contribution in [2.45, 2.75) is 38.5 Å². The van der Waals surface area contributed by atoms with E-state index in [2.05, 4.69) is 22.2 Å². The van der Waals surface area contributed by atoms with Gasteiger partial charge in [0, 0.05) is 13.1 Å². The summed E-state index contributed by atoms with van der Waals surface area (Å²) in [6.45, 7) is 2.81. The predicted molar refractivity (Wildman–Crippen MR) is 130 cm³/mol. The number of thiophene rings is 1. The fourth-order valence-corrected chi connectivity index (χ4v) is 4.64. The summed E-state index contributed by atoms with van der Waals surface area (Å²) >= 11 is 1.19. The zero-order valence-corrected chi connectivity index (χ0v) is 19.5. The number of carbonyl (C=O) groups excluding carboxylic acids is 3. The van der Waals surface area contributed by atoms with E-state index in [1.807, 2.05) is 35.2 Å². The first-order valence-electron chi connectivity index (χ1n) is 11.0. The minimum Gasteiger partial charge on any atom is -0.469 e. The van der Waals surface area contributed by atoms with E-state index in [9.17, 15) is 14.4 Å². The molecule has 178 valence electrons. The van der Waals surface area contributed by atoms with Gasteiger partial charge in [-0.05, 0) is 23.4 Å². The van der Waals surface area contributed by atoms with Crippen molar-refractivity contribution in [1.82, 2.24) is 9.80 Å². The zero-order chi connectivity index (χ0) is 24.1. The largest absolute Gasteiger partial charge is 0.469 e. The lowest BCUT2D eigenvalue weighted by atomic mass is 10.1. The Labute approximate surface area is 201 Å². The number of unbranched alkanes of at least 4 members (excludes halogenated alkanes) is 1. The first-order valence-corrected chi connectivity index (χ1v) is 11.9.